The Hall–Kier alpha value is -1.87. The Morgan fingerprint density at radius 1 is 1.04 bits per heavy atom. The first-order chi connectivity index (χ1) is 11.2. The minimum absolute atomic E-state index is 0.492. The Morgan fingerprint density at radius 2 is 1.61 bits per heavy atom. The van der Waals surface area contributed by atoms with E-state index >= 15 is 0 Å². The summed E-state index contributed by atoms with van der Waals surface area (Å²) >= 11 is 5.71. The molecule has 0 aliphatic heterocycles. The van der Waals surface area contributed by atoms with Gasteiger partial charge in [0.05, 0.1) is 0 Å². The summed E-state index contributed by atoms with van der Waals surface area (Å²) in [4.78, 5) is 2.35. The number of hydrogen-bond acceptors (Lipinski definition) is 1. The molecule has 0 amide bonds. The van der Waals surface area contributed by atoms with Crippen molar-refractivity contribution in [3.8, 4) is 0 Å². The van der Waals surface area contributed by atoms with Crippen molar-refractivity contribution in [1.82, 2.24) is 10.2 Å². The van der Waals surface area contributed by atoms with E-state index in [1.54, 1.807) is 0 Å². The van der Waals surface area contributed by atoms with E-state index in [-0.39, 0.29) is 0 Å². The highest BCUT2D eigenvalue weighted by molar-refractivity contribution is 7.80. The van der Waals surface area contributed by atoms with Gasteiger partial charge in [-0.05, 0) is 49.0 Å². The van der Waals surface area contributed by atoms with Gasteiger partial charge in [-0.25, -0.2) is 0 Å². The summed E-state index contributed by atoms with van der Waals surface area (Å²) in [5.74, 6) is 0.787. The van der Waals surface area contributed by atoms with Crippen LogP contribution in [0.3, 0.4) is 0 Å². The number of nitrogens with one attached hydrogen (secondary N) is 1. The summed E-state index contributed by atoms with van der Waals surface area (Å²) < 4.78 is 0. The average molecular weight is 324 g/mol. The maximum Gasteiger partial charge on any atom is 0.169 e. The molecule has 3 rings (SSSR count). The molecule has 1 aliphatic rings. The van der Waals surface area contributed by atoms with E-state index in [0.29, 0.717) is 6.04 Å². The molecule has 2 nitrogen and oxygen atoms in total. The molecule has 120 valence electrons. The van der Waals surface area contributed by atoms with Gasteiger partial charge in [0.15, 0.2) is 5.11 Å². The summed E-state index contributed by atoms with van der Waals surface area (Å²) in [5.41, 5.74) is 2.57. The summed E-state index contributed by atoms with van der Waals surface area (Å²) in [6.45, 7) is 3.96. The van der Waals surface area contributed by atoms with Gasteiger partial charge in [0.1, 0.15) is 0 Å². The smallest absolute Gasteiger partial charge is 0.169 e. The fraction of sp³-hybridized carbons (Fsp3) is 0.350. The highest BCUT2D eigenvalue weighted by Crippen LogP contribution is 2.35. The first-order valence-electron chi connectivity index (χ1n) is 8.36. The molecular weight excluding hydrogens is 300 g/mol. The second-order valence-electron chi connectivity index (χ2n) is 6.34. The topological polar surface area (TPSA) is 15.3 Å². The van der Waals surface area contributed by atoms with Crippen LogP contribution in [0.5, 0.6) is 0 Å². The first kappa shape index (κ1) is 16.0. The Kier molecular flexibility index (Phi) is 5.29. The molecule has 2 aromatic rings. The molecule has 1 atom stereocenters. The van der Waals surface area contributed by atoms with E-state index in [2.05, 4.69) is 71.7 Å². The van der Waals surface area contributed by atoms with Gasteiger partial charge in [-0.15, -0.1) is 0 Å². The van der Waals surface area contributed by atoms with Crippen LogP contribution in [0.4, 0.5) is 0 Å². The molecule has 23 heavy (non-hydrogen) atoms. The maximum absolute atomic E-state index is 5.71. The lowest BCUT2D eigenvalue weighted by atomic mass is 10.1. The second-order valence-corrected chi connectivity index (χ2v) is 6.72. The molecule has 1 saturated carbocycles. The molecule has 0 bridgehead atoms. The quantitative estimate of drug-likeness (QED) is 0.795. The van der Waals surface area contributed by atoms with Crippen molar-refractivity contribution in [1.29, 1.82) is 0 Å². The Balaban J connectivity index is 1.65. The highest BCUT2D eigenvalue weighted by Gasteiger charge is 2.33. The number of nitrogens with zero attached hydrogens (tertiary/aromatic N) is 1. The Morgan fingerprint density at radius 3 is 2.17 bits per heavy atom. The fourth-order valence-corrected chi connectivity index (χ4v) is 3.19. The molecule has 1 fully saturated rings. The van der Waals surface area contributed by atoms with Crippen molar-refractivity contribution in [2.45, 2.75) is 38.9 Å². The van der Waals surface area contributed by atoms with Crippen molar-refractivity contribution in [3.05, 3.63) is 71.8 Å². The van der Waals surface area contributed by atoms with Crippen LogP contribution < -0.4 is 5.32 Å². The highest BCUT2D eigenvalue weighted by atomic mass is 32.1. The molecule has 0 heterocycles. The van der Waals surface area contributed by atoms with Crippen LogP contribution in [-0.4, -0.2) is 16.1 Å². The summed E-state index contributed by atoms with van der Waals surface area (Å²) in [6, 6.07) is 21.5. The van der Waals surface area contributed by atoms with Gasteiger partial charge in [0.25, 0.3) is 0 Å². The zero-order valence-electron chi connectivity index (χ0n) is 13.6. The number of thiocarbonyl (C=S) groups is 1. The van der Waals surface area contributed by atoms with Gasteiger partial charge in [-0.3, -0.25) is 0 Å². The summed E-state index contributed by atoms with van der Waals surface area (Å²) in [7, 11) is 0. The van der Waals surface area contributed by atoms with Crippen LogP contribution in [0.25, 0.3) is 0 Å². The van der Waals surface area contributed by atoms with E-state index in [1.165, 1.54) is 24.0 Å². The molecule has 0 saturated heterocycles. The third kappa shape index (κ3) is 4.55. The average Bonchev–Trinajstić information content (AvgIpc) is 3.44. The van der Waals surface area contributed by atoms with Crippen molar-refractivity contribution in [3.63, 3.8) is 0 Å². The lowest BCUT2D eigenvalue weighted by Crippen LogP contribution is -2.45. The minimum Gasteiger partial charge on any atom is -0.358 e. The predicted molar refractivity (Wildman–Crippen MR) is 100 cm³/mol. The summed E-state index contributed by atoms with van der Waals surface area (Å²) in [6.07, 6.45) is 2.65. The number of benzene rings is 2. The van der Waals surface area contributed by atoms with Crippen molar-refractivity contribution in [2.75, 3.05) is 0 Å². The van der Waals surface area contributed by atoms with Gasteiger partial charge in [-0.2, -0.15) is 0 Å². The van der Waals surface area contributed by atoms with Gasteiger partial charge < -0.3 is 10.2 Å². The van der Waals surface area contributed by atoms with E-state index in [1.807, 2.05) is 6.07 Å². The lowest BCUT2D eigenvalue weighted by Gasteiger charge is -2.32. The monoisotopic (exact) mass is 324 g/mol. The van der Waals surface area contributed by atoms with Crippen LogP contribution in [-0.2, 0) is 13.1 Å². The third-order valence-corrected chi connectivity index (χ3v) is 4.92. The van der Waals surface area contributed by atoms with E-state index in [9.17, 15) is 0 Å². The molecule has 3 heteroatoms. The molecule has 1 unspecified atom stereocenters. The minimum atomic E-state index is 0.492. The van der Waals surface area contributed by atoms with E-state index < -0.39 is 0 Å². The second kappa shape index (κ2) is 7.60. The normalized spacial score (nSPS) is 15.0. The fourth-order valence-electron chi connectivity index (χ4n) is 2.89. The molecular formula is C20H24N2S. The van der Waals surface area contributed by atoms with Crippen LogP contribution in [0, 0.1) is 5.92 Å². The zero-order valence-corrected chi connectivity index (χ0v) is 14.4. The predicted octanol–water partition coefficient (Wildman–Crippen LogP) is 4.36. The van der Waals surface area contributed by atoms with Gasteiger partial charge in [-0.1, -0.05) is 60.7 Å². The van der Waals surface area contributed by atoms with Gasteiger partial charge in [0.2, 0.25) is 0 Å². The Labute approximate surface area is 144 Å². The standard InChI is InChI=1S/C20H24N2S/c1-16(19-12-13-19)22(15-18-10-6-3-7-11-18)20(23)21-14-17-8-4-2-5-9-17/h2-11,16,19H,12-15H2,1H3,(H,21,23). The van der Waals surface area contributed by atoms with Crippen LogP contribution >= 0.6 is 12.2 Å². The molecule has 0 aromatic heterocycles. The molecule has 2 aromatic carbocycles. The van der Waals surface area contributed by atoms with Crippen LogP contribution in [0.1, 0.15) is 30.9 Å². The lowest BCUT2D eigenvalue weighted by molar-refractivity contribution is 0.290. The van der Waals surface area contributed by atoms with Gasteiger partial charge in [0, 0.05) is 19.1 Å². The largest absolute Gasteiger partial charge is 0.358 e. The van der Waals surface area contributed by atoms with Crippen molar-refractivity contribution in [2.24, 2.45) is 5.92 Å². The van der Waals surface area contributed by atoms with Gasteiger partial charge >= 0.3 is 0 Å². The van der Waals surface area contributed by atoms with Crippen LogP contribution in [0.15, 0.2) is 60.7 Å². The SMILES string of the molecule is CC(C1CC1)N(Cc1ccccc1)C(=S)NCc1ccccc1. The maximum atomic E-state index is 5.71. The number of rotatable bonds is 6. The van der Waals surface area contributed by atoms with E-state index in [4.69, 9.17) is 12.2 Å². The molecule has 0 radical (unpaired) electrons. The first-order valence-corrected chi connectivity index (χ1v) is 8.77. The zero-order chi connectivity index (χ0) is 16.1. The molecule has 1 aliphatic carbocycles. The van der Waals surface area contributed by atoms with Crippen molar-refractivity contribution < 1.29 is 0 Å². The molecule has 0 spiro atoms. The Bertz CT molecular complexity index is 623. The third-order valence-electron chi connectivity index (χ3n) is 4.54. The van der Waals surface area contributed by atoms with Crippen LogP contribution in [0.2, 0.25) is 0 Å². The molecule has 1 N–H and O–H groups in total. The number of hydrogen-bond donors (Lipinski definition) is 1. The summed E-state index contributed by atoms with van der Waals surface area (Å²) in [5, 5.41) is 4.30. The van der Waals surface area contributed by atoms with E-state index in [0.717, 1.165) is 24.1 Å². The van der Waals surface area contributed by atoms with Crippen molar-refractivity contribution >= 4 is 17.3 Å².